The predicted molar refractivity (Wildman–Crippen MR) is 150 cm³/mol. The van der Waals surface area contributed by atoms with Gasteiger partial charge in [-0.3, -0.25) is 4.21 Å². The first kappa shape index (κ1) is 33.0. The monoisotopic (exact) mass is 537 g/mol. The lowest BCUT2D eigenvalue weighted by Crippen LogP contribution is -2.47. The van der Waals surface area contributed by atoms with E-state index in [9.17, 15) is 12.6 Å². The highest BCUT2D eigenvalue weighted by molar-refractivity contribution is 7.91. The predicted octanol–water partition coefficient (Wildman–Crippen LogP) is 3.40. The minimum atomic E-state index is -2.71. The molecule has 35 heavy (non-hydrogen) atoms. The van der Waals surface area contributed by atoms with Gasteiger partial charge in [-0.1, -0.05) is 0 Å². The van der Waals surface area contributed by atoms with Gasteiger partial charge in [-0.05, 0) is 94.4 Å². The molecular formula is C26H55N3O4S2. The van der Waals surface area contributed by atoms with Gasteiger partial charge in [0, 0.05) is 63.7 Å². The van der Waals surface area contributed by atoms with Gasteiger partial charge in [0.15, 0.2) is 0 Å². The molecule has 0 saturated carbocycles. The Bertz CT molecular complexity index is 707. The molecule has 0 aromatic rings. The standard InChI is InChI=1S/C9H19NO2S.C9H19NOS.C8H17NO/c1-9(2,3)10-8-4-6-13(11,12)7-5-8;1-9(2,3)10-8-4-6-12(11)7-5-8;1-8(2,3)9-7-4-5-10-6-7/h8,10H,4-7H2,1-3H3;8,10H,4-7H2,1-3H3;7,9H,4-6H2,1-3H3/t;;7-/m..1/s1. The molecule has 0 aromatic carbocycles. The van der Waals surface area contributed by atoms with Crippen molar-refractivity contribution in [3.8, 4) is 0 Å². The van der Waals surface area contributed by atoms with Crippen LogP contribution in [0.3, 0.4) is 0 Å². The molecule has 3 heterocycles. The molecule has 9 heteroatoms. The second kappa shape index (κ2) is 14.2. The molecule has 3 fully saturated rings. The number of hydrogen-bond acceptors (Lipinski definition) is 7. The summed E-state index contributed by atoms with van der Waals surface area (Å²) < 4.78 is 38.6. The Balaban J connectivity index is 0.000000265. The van der Waals surface area contributed by atoms with Crippen LogP contribution in [0, 0.1) is 0 Å². The maximum absolute atomic E-state index is 11.1. The molecule has 3 N–H and O–H groups in total. The van der Waals surface area contributed by atoms with Crippen molar-refractivity contribution in [2.24, 2.45) is 0 Å². The third-order valence-electron chi connectivity index (χ3n) is 5.78. The maximum Gasteiger partial charge on any atom is 0.150 e. The van der Waals surface area contributed by atoms with E-state index < -0.39 is 20.6 Å². The Kier molecular flexibility index (Phi) is 13.4. The highest BCUT2D eigenvalue weighted by Gasteiger charge is 2.26. The lowest BCUT2D eigenvalue weighted by atomic mass is 10.0. The molecule has 3 aliphatic heterocycles. The minimum absolute atomic E-state index is 0.0891. The smallest absolute Gasteiger partial charge is 0.150 e. The third-order valence-corrected chi connectivity index (χ3v) is 8.88. The fraction of sp³-hybridized carbons (Fsp3) is 1.00. The normalized spacial score (nSPS) is 27.9. The van der Waals surface area contributed by atoms with E-state index in [1.165, 1.54) is 0 Å². The Morgan fingerprint density at radius 3 is 1.43 bits per heavy atom. The molecule has 0 amide bonds. The van der Waals surface area contributed by atoms with Crippen LogP contribution in [-0.2, 0) is 25.4 Å². The van der Waals surface area contributed by atoms with Crippen LogP contribution in [-0.4, -0.2) is 83.6 Å². The molecule has 1 atom stereocenters. The maximum atomic E-state index is 11.1. The second-order valence-electron chi connectivity index (χ2n) is 13.3. The van der Waals surface area contributed by atoms with Gasteiger partial charge in [-0.25, -0.2) is 8.42 Å². The van der Waals surface area contributed by atoms with E-state index in [1.54, 1.807) is 0 Å². The van der Waals surface area contributed by atoms with Crippen molar-refractivity contribution in [1.82, 2.24) is 16.0 Å². The Morgan fingerprint density at radius 2 is 1.06 bits per heavy atom. The van der Waals surface area contributed by atoms with Crippen molar-refractivity contribution in [3.05, 3.63) is 0 Å². The van der Waals surface area contributed by atoms with Crippen LogP contribution in [0.1, 0.15) is 94.4 Å². The highest BCUT2D eigenvalue weighted by Crippen LogP contribution is 2.15. The summed E-state index contributed by atoms with van der Waals surface area (Å²) in [5, 5.41) is 10.5. The Hall–Kier alpha value is -0.0600. The van der Waals surface area contributed by atoms with Crippen molar-refractivity contribution in [2.45, 2.75) is 129 Å². The summed E-state index contributed by atoms with van der Waals surface area (Å²) in [5.74, 6) is 2.46. The molecule has 210 valence electrons. The third kappa shape index (κ3) is 17.9. The summed E-state index contributed by atoms with van der Waals surface area (Å²) in [6.45, 7) is 21.2. The Labute approximate surface area is 219 Å². The van der Waals surface area contributed by atoms with Gasteiger partial charge in [0.05, 0.1) is 18.1 Å². The molecule has 0 spiro atoms. The fourth-order valence-electron chi connectivity index (χ4n) is 4.46. The van der Waals surface area contributed by atoms with Crippen LogP contribution in [0.25, 0.3) is 0 Å². The van der Waals surface area contributed by atoms with Gasteiger partial charge in [-0.2, -0.15) is 0 Å². The minimum Gasteiger partial charge on any atom is -0.380 e. The summed E-state index contributed by atoms with van der Waals surface area (Å²) in [6.07, 6.45) is 4.84. The summed E-state index contributed by atoms with van der Waals surface area (Å²) in [7, 11) is -3.24. The van der Waals surface area contributed by atoms with E-state index in [-0.39, 0.29) is 16.6 Å². The van der Waals surface area contributed by atoms with E-state index in [2.05, 4.69) is 78.3 Å². The number of rotatable bonds is 3. The van der Waals surface area contributed by atoms with Crippen molar-refractivity contribution in [2.75, 3.05) is 36.2 Å². The van der Waals surface area contributed by atoms with Gasteiger partial charge < -0.3 is 20.7 Å². The molecule has 0 aromatic heterocycles. The summed E-state index contributed by atoms with van der Waals surface area (Å²) in [6, 6.07) is 1.55. The molecule has 0 unspecified atom stereocenters. The van der Waals surface area contributed by atoms with E-state index in [1.807, 2.05) is 0 Å². The molecule has 0 aliphatic carbocycles. The van der Waals surface area contributed by atoms with Gasteiger partial charge in [0.1, 0.15) is 9.84 Å². The van der Waals surface area contributed by atoms with Crippen LogP contribution in [0.15, 0.2) is 0 Å². The van der Waals surface area contributed by atoms with E-state index in [0.29, 0.717) is 29.6 Å². The first-order chi connectivity index (χ1) is 15.8. The zero-order valence-corrected chi connectivity index (χ0v) is 25.6. The van der Waals surface area contributed by atoms with Crippen molar-refractivity contribution in [1.29, 1.82) is 0 Å². The molecule has 0 bridgehead atoms. The first-order valence-electron chi connectivity index (χ1n) is 13.3. The van der Waals surface area contributed by atoms with Crippen LogP contribution >= 0.6 is 0 Å². The van der Waals surface area contributed by atoms with Crippen molar-refractivity contribution in [3.63, 3.8) is 0 Å². The molecule has 7 nitrogen and oxygen atoms in total. The van der Waals surface area contributed by atoms with Gasteiger partial charge in [0.25, 0.3) is 0 Å². The lowest BCUT2D eigenvalue weighted by Gasteiger charge is -2.30. The quantitative estimate of drug-likeness (QED) is 0.508. The van der Waals surface area contributed by atoms with Gasteiger partial charge in [-0.15, -0.1) is 0 Å². The molecule has 0 radical (unpaired) electrons. The van der Waals surface area contributed by atoms with Crippen molar-refractivity contribution >= 4 is 20.6 Å². The van der Waals surface area contributed by atoms with Crippen LogP contribution < -0.4 is 16.0 Å². The van der Waals surface area contributed by atoms with Crippen molar-refractivity contribution < 1.29 is 17.4 Å². The number of hydrogen-bond donors (Lipinski definition) is 3. The summed E-state index contributed by atoms with van der Waals surface area (Å²) >= 11 is 0. The zero-order valence-electron chi connectivity index (χ0n) is 24.0. The number of sulfone groups is 1. The SMILES string of the molecule is CC(C)(C)NC1CCS(=O)(=O)CC1.CC(C)(C)NC1CCS(=O)CC1.CC(C)(C)N[C@@H]1CCOC1. The summed E-state index contributed by atoms with van der Waals surface area (Å²) in [5.41, 5.74) is 0.521. The van der Waals surface area contributed by atoms with Crippen LogP contribution in [0.4, 0.5) is 0 Å². The first-order valence-corrected chi connectivity index (χ1v) is 16.6. The summed E-state index contributed by atoms with van der Waals surface area (Å²) in [4.78, 5) is 0. The van der Waals surface area contributed by atoms with Gasteiger partial charge in [0.2, 0.25) is 0 Å². The molecule has 3 saturated heterocycles. The molecule has 3 aliphatic rings. The highest BCUT2D eigenvalue weighted by atomic mass is 32.2. The molecular weight excluding hydrogens is 482 g/mol. The number of nitrogens with one attached hydrogen (secondary N) is 3. The average molecular weight is 538 g/mol. The largest absolute Gasteiger partial charge is 0.380 e. The Morgan fingerprint density at radius 1 is 0.657 bits per heavy atom. The lowest BCUT2D eigenvalue weighted by molar-refractivity contribution is 0.184. The zero-order chi connectivity index (χ0) is 26.9. The van der Waals surface area contributed by atoms with E-state index >= 15 is 0 Å². The van der Waals surface area contributed by atoms with Gasteiger partial charge >= 0.3 is 0 Å². The van der Waals surface area contributed by atoms with E-state index in [4.69, 9.17) is 4.74 Å². The fourth-order valence-corrected chi connectivity index (χ4v) is 7.25. The number of ether oxygens (including phenoxy) is 1. The van der Waals surface area contributed by atoms with E-state index in [0.717, 1.165) is 56.8 Å². The average Bonchev–Trinajstić information content (AvgIpc) is 3.16. The van der Waals surface area contributed by atoms with Crippen LogP contribution in [0.5, 0.6) is 0 Å². The molecule has 3 rings (SSSR count). The van der Waals surface area contributed by atoms with Crippen LogP contribution in [0.2, 0.25) is 0 Å². The topological polar surface area (TPSA) is 96.5 Å². The second-order valence-corrected chi connectivity index (χ2v) is 17.3.